The van der Waals surface area contributed by atoms with Gasteiger partial charge in [0.15, 0.2) is 0 Å². The molecule has 60 valence electrons. The quantitative estimate of drug-likeness (QED) is 0.691. The summed E-state index contributed by atoms with van der Waals surface area (Å²) < 4.78 is 12.9. The molecule has 0 saturated heterocycles. The van der Waals surface area contributed by atoms with Gasteiger partial charge >= 0.3 is 0 Å². The van der Waals surface area contributed by atoms with E-state index in [2.05, 4.69) is 0 Å². The lowest BCUT2D eigenvalue weighted by Gasteiger charge is -2.01. The van der Waals surface area contributed by atoms with Crippen molar-refractivity contribution in [1.82, 2.24) is 0 Å². The summed E-state index contributed by atoms with van der Waals surface area (Å²) in [6.45, 7) is 1.75. The highest BCUT2D eigenvalue weighted by Gasteiger charge is 2.04. The van der Waals surface area contributed by atoms with Crippen molar-refractivity contribution < 1.29 is 4.39 Å². The molecule has 11 heavy (non-hydrogen) atoms. The maximum Gasteiger partial charge on any atom is 0.138 e. The predicted molar refractivity (Wildman–Crippen MR) is 46.2 cm³/mol. The van der Waals surface area contributed by atoms with Crippen LogP contribution in [0.2, 0.25) is 5.02 Å². The third-order valence-corrected chi connectivity index (χ3v) is 2.31. The molecule has 2 N–H and O–H groups in total. The average Bonchev–Trinajstić information content (AvgIpc) is 1.97. The van der Waals surface area contributed by atoms with E-state index in [0.717, 1.165) is 17.5 Å². The van der Waals surface area contributed by atoms with Crippen LogP contribution in [0, 0.1) is 12.7 Å². The summed E-state index contributed by atoms with van der Waals surface area (Å²) in [5, 5.41) is 5.73. The second kappa shape index (κ2) is 3.43. The highest BCUT2D eigenvalue weighted by molar-refractivity contribution is 7.97. The molecular weight excluding hydrogens is 185 g/mol. The third-order valence-electron chi connectivity index (χ3n) is 1.34. The zero-order valence-corrected chi connectivity index (χ0v) is 7.47. The van der Waals surface area contributed by atoms with Gasteiger partial charge in [-0.1, -0.05) is 11.6 Å². The Balaban J connectivity index is 3.21. The summed E-state index contributed by atoms with van der Waals surface area (Å²) in [6.07, 6.45) is 0. The SMILES string of the molecule is Cc1cc(F)c(SN)cc1Cl. The van der Waals surface area contributed by atoms with E-state index >= 15 is 0 Å². The van der Waals surface area contributed by atoms with E-state index in [1.165, 1.54) is 12.1 Å². The zero-order valence-electron chi connectivity index (χ0n) is 5.90. The number of rotatable bonds is 1. The average molecular weight is 192 g/mol. The van der Waals surface area contributed by atoms with Gasteiger partial charge in [-0.25, -0.2) is 4.39 Å². The zero-order chi connectivity index (χ0) is 8.43. The molecule has 0 atom stereocenters. The molecule has 0 unspecified atom stereocenters. The lowest BCUT2D eigenvalue weighted by Crippen LogP contribution is -1.87. The van der Waals surface area contributed by atoms with E-state index in [-0.39, 0.29) is 5.82 Å². The predicted octanol–water partition coefficient (Wildman–Crippen LogP) is 2.75. The minimum Gasteiger partial charge on any atom is -0.274 e. The van der Waals surface area contributed by atoms with Crippen LogP contribution in [0.4, 0.5) is 4.39 Å². The van der Waals surface area contributed by atoms with Crippen LogP contribution in [-0.4, -0.2) is 0 Å². The molecule has 0 saturated carbocycles. The van der Waals surface area contributed by atoms with Gasteiger partial charge < -0.3 is 0 Å². The van der Waals surface area contributed by atoms with Crippen LogP contribution in [0.5, 0.6) is 0 Å². The fourth-order valence-electron chi connectivity index (χ4n) is 0.718. The van der Waals surface area contributed by atoms with E-state index in [9.17, 15) is 4.39 Å². The van der Waals surface area contributed by atoms with Gasteiger partial charge in [-0.2, -0.15) is 0 Å². The number of nitrogens with two attached hydrogens (primary N) is 1. The van der Waals surface area contributed by atoms with Gasteiger partial charge in [-0.3, -0.25) is 5.14 Å². The molecular formula is C7H7ClFNS. The topological polar surface area (TPSA) is 26.0 Å². The summed E-state index contributed by atoms with van der Waals surface area (Å²) in [7, 11) is 0. The van der Waals surface area contributed by atoms with Gasteiger partial charge in [0.25, 0.3) is 0 Å². The number of benzene rings is 1. The molecule has 1 nitrogen and oxygen atoms in total. The maximum atomic E-state index is 12.9. The first-order valence-corrected chi connectivity index (χ1v) is 4.23. The van der Waals surface area contributed by atoms with Gasteiger partial charge in [0.05, 0.1) is 4.90 Å². The highest BCUT2D eigenvalue weighted by Crippen LogP contribution is 2.24. The van der Waals surface area contributed by atoms with Gasteiger partial charge in [0.1, 0.15) is 5.82 Å². The summed E-state index contributed by atoms with van der Waals surface area (Å²) in [4.78, 5) is 0.376. The molecule has 0 aliphatic carbocycles. The molecule has 0 fully saturated rings. The fraction of sp³-hybridized carbons (Fsp3) is 0.143. The van der Waals surface area contributed by atoms with E-state index < -0.39 is 0 Å². The Morgan fingerprint density at radius 3 is 2.73 bits per heavy atom. The van der Waals surface area contributed by atoms with Crippen molar-refractivity contribution in [2.24, 2.45) is 5.14 Å². The van der Waals surface area contributed by atoms with Crippen molar-refractivity contribution in [2.75, 3.05) is 0 Å². The highest BCUT2D eigenvalue weighted by atomic mass is 35.5. The molecule has 0 radical (unpaired) electrons. The van der Waals surface area contributed by atoms with Crippen LogP contribution >= 0.6 is 23.5 Å². The molecule has 1 rings (SSSR count). The monoisotopic (exact) mass is 191 g/mol. The molecule has 0 aliphatic rings. The molecule has 0 spiro atoms. The van der Waals surface area contributed by atoms with Crippen molar-refractivity contribution in [3.63, 3.8) is 0 Å². The van der Waals surface area contributed by atoms with Crippen LogP contribution in [0.3, 0.4) is 0 Å². The molecule has 0 bridgehead atoms. The normalized spacial score (nSPS) is 10.2. The summed E-state index contributed by atoms with van der Waals surface area (Å²) in [6, 6.07) is 2.90. The lowest BCUT2D eigenvalue weighted by molar-refractivity contribution is 0.601. The molecule has 1 aromatic rings. The Kier molecular flexibility index (Phi) is 2.76. The second-order valence-corrected chi connectivity index (χ2v) is 3.23. The van der Waals surface area contributed by atoms with Crippen molar-refractivity contribution in [2.45, 2.75) is 11.8 Å². The molecule has 0 aliphatic heterocycles. The van der Waals surface area contributed by atoms with Crippen LogP contribution in [0.15, 0.2) is 17.0 Å². The van der Waals surface area contributed by atoms with Crippen LogP contribution in [0.1, 0.15) is 5.56 Å². The maximum absolute atomic E-state index is 12.9. The Morgan fingerprint density at radius 1 is 1.55 bits per heavy atom. The fourth-order valence-corrected chi connectivity index (χ4v) is 1.30. The first-order valence-electron chi connectivity index (χ1n) is 2.97. The standard InChI is InChI=1S/C7H7ClFNS/c1-4-2-6(9)7(11-10)3-5(4)8/h2-3H,10H2,1H3. The van der Waals surface area contributed by atoms with Crippen molar-refractivity contribution in [3.8, 4) is 0 Å². The van der Waals surface area contributed by atoms with Crippen molar-refractivity contribution >= 4 is 23.5 Å². The third kappa shape index (κ3) is 1.86. The van der Waals surface area contributed by atoms with E-state index in [4.69, 9.17) is 16.7 Å². The van der Waals surface area contributed by atoms with Crippen molar-refractivity contribution in [1.29, 1.82) is 0 Å². The van der Waals surface area contributed by atoms with E-state index in [1.54, 1.807) is 6.92 Å². The van der Waals surface area contributed by atoms with Crippen molar-refractivity contribution in [3.05, 3.63) is 28.5 Å². The largest absolute Gasteiger partial charge is 0.274 e. The second-order valence-electron chi connectivity index (χ2n) is 2.15. The van der Waals surface area contributed by atoms with Gasteiger partial charge in [-0.15, -0.1) is 0 Å². The van der Waals surface area contributed by atoms with Crippen LogP contribution < -0.4 is 5.14 Å². The molecule has 4 heteroatoms. The molecule has 0 amide bonds. The number of hydrogen-bond donors (Lipinski definition) is 1. The number of hydrogen-bond acceptors (Lipinski definition) is 2. The molecule has 1 aromatic carbocycles. The van der Waals surface area contributed by atoms with E-state index in [1.807, 2.05) is 0 Å². The Morgan fingerprint density at radius 2 is 2.18 bits per heavy atom. The summed E-state index contributed by atoms with van der Waals surface area (Å²) in [5.74, 6) is -0.320. The molecule has 0 aromatic heterocycles. The smallest absolute Gasteiger partial charge is 0.138 e. The Labute approximate surface area is 73.9 Å². The molecule has 0 heterocycles. The summed E-state index contributed by atoms with van der Waals surface area (Å²) >= 11 is 6.59. The summed E-state index contributed by atoms with van der Waals surface area (Å²) in [5.41, 5.74) is 0.724. The Hall–Kier alpha value is -0.250. The number of aryl methyl sites for hydroxylation is 1. The Bertz CT molecular complexity index is 277. The van der Waals surface area contributed by atoms with Gasteiger partial charge in [0.2, 0.25) is 0 Å². The minimum atomic E-state index is -0.320. The number of halogens is 2. The van der Waals surface area contributed by atoms with E-state index in [0.29, 0.717) is 9.92 Å². The van der Waals surface area contributed by atoms with Crippen LogP contribution in [0.25, 0.3) is 0 Å². The minimum absolute atomic E-state index is 0.320. The first-order chi connectivity index (χ1) is 5.15. The van der Waals surface area contributed by atoms with Gasteiger partial charge in [-0.05, 0) is 36.6 Å². The first kappa shape index (κ1) is 8.84. The van der Waals surface area contributed by atoms with Crippen LogP contribution in [-0.2, 0) is 0 Å². The van der Waals surface area contributed by atoms with Gasteiger partial charge in [0, 0.05) is 5.02 Å². The lowest BCUT2D eigenvalue weighted by atomic mass is 10.2.